The number of hydrogen-bond donors (Lipinski definition) is 1. The van der Waals surface area contributed by atoms with Gasteiger partial charge in [-0.2, -0.15) is 0 Å². The minimum absolute atomic E-state index is 0.0710. The maximum atomic E-state index is 13.0. The van der Waals surface area contributed by atoms with Crippen LogP contribution in [0.2, 0.25) is 0 Å². The Labute approximate surface area is 136 Å². The van der Waals surface area contributed by atoms with Crippen molar-refractivity contribution in [3.63, 3.8) is 0 Å². The zero-order valence-corrected chi connectivity index (χ0v) is 13.4. The molecular weight excluding hydrogens is 290 g/mol. The molecule has 4 heteroatoms. The molecule has 1 heterocycles. The fourth-order valence-corrected chi connectivity index (χ4v) is 3.20. The van der Waals surface area contributed by atoms with Crippen LogP contribution in [0.15, 0.2) is 54.6 Å². The molecule has 0 aliphatic carbocycles. The van der Waals surface area contributed by atoms with Crippen LogP contribution in [0.5, 0.6) is 5.75 Å². The van der Waals surface area contributed by atoms with E-state index in [1.165, 1.54) is 0 Å². The second kappa shape index (κ2) is 6.05. The number of carbonyl (C=O) groups excluding carboxylic acids is 1. The van der Waals surface area contributed by atoms with Gasteiger partial charge in [0.2, 0.25) is 5.91 Å². The summed E-state index contributed by atoms with van der Waals surface area (Å²) < 4.78 is 5.36. The molecular formula is C19H21NO3. The summed E-state index contributed by atoms with van der Waals surface area (Å²) in [5.74, 6) is 0.595. The van der Waals surface area contributed by atoms with Crippen molar-refractivity contribution in [1.29, 1.82) is 0 Å². The monoisotopic (exact) mass is 311 g/mol. The van der Waals surface area contributed by atoms with Crippen molar-refractivity contribution < 1.29 is 14.6 Å². The van der Waals surface area contributed by atoms with Gasteiger partial charge in [-0.1, -0.05) is 42.5 Å². The lowest BCUT2D eigenvalue weighted by Crippen LogP contribution is -2.37. The van der Waals surface area contributed by atoms with Gasteiger partial charge in [0.25, 0.3) is 0 Å². The molecule has 1 aliphatic heterocycles. The highest BCUT2D eigenvalue weighted by Gasteiger charge is 2.49. The molecule has 1 saturated heterocycles. The second-order valence-electron chi connectivity index (χ2n) is 6.11. The fraction of sp³-hybridized carbons (Fsp3) is 0.316. The SMILES string of the molecule is COc1ccccc1N1CC[C@@](C)(C(O)c2ccccc2)C1=O. The Morgan fingerprint density at radius 2 is 1.78 bits per heavy atom. The quantitative estimate of drug-likeness (QED) is 0.943. The van der Waals surface area contributed by atoms with Crippen LogP contribution in [0.1, 0.15) is 25.0 Å². The van der Waals surface area contributed by atoms with E-state index in [9.17, 15) is 9.90 Å². The highest BCUT2D eigenvalue weighted by atomic mass is 16.5. The van der Waals surface area contributed by atoms with E-state index in [1.54, 1.807) is 12.0 Å². The number of methoxy groups -OCH3 is 1. The molecule has 3 rings (SSSR count). The molecule has 23 heavy (non-hydrogen) atoms. The Morgan fingerprint density at radius 1 is 1.13 bits per heavy atom. The van der Waals surface area contributed by atoms with E-state index in [0.717, 1.165) is 11.3 Å². The van der Waals surface area contributed by atoms with Gasteiger partial charge in [0.15, 0.2) is 0 Å². The minimum Gasteiger partial charge on any atom is -0.495 e. The largest absolute Gasteiger partial charge is 0.495 e. The molecule has 0 aromatic heterocycles. The van der Waals surface area contributed by atoms with Crippen molar-refractivity contribution in [3.05, 3.63) is 60.2 Å². The van der Waals surface area contributed by atoms with Crippen molar-refractivity contribution in [2.45, 2.75) is 19.4 Å². The molecule has 1 unspecified atom stereocenters. The number of benzene rings is 2. The van der Waals surface area contributed by atoms with Crippen LogP contribution >= 0.6 is 0 Å². The summed E-state index contributed by atoms with van der Waals surface area (Å²) in [5.41, 5.74) is 0.691. The predicted molar refractivity (Wildman–Crippen MR) is 89.5 cm³/mol. The van der Waals surface area contributed by atoms with E-state index in [2.05, 4.69) is 0 Å². The van der Waals surface area contributed by atoms with Gasteiger partial charge in [-0.05, 0) is 31.0 Å². The molecule has 1 amide bonds. The minimum atomic E-state index is -0.831. The van der Waals surface area contributed by atoms with Gasteiger partial charge in [-0.15, -0.1) is 0 Å². The molecule has 2 atom stereocenters. The summed E-state index contributed by atoms with van der Waals surface area (Å²) in [6.07, 6.45) is -0.226. The van der Waals surface area contributed by atoms with Crippen molar-refractivity contribution in [3.8, 4) is 5.75 Å². The smallest absolute Gasteiger partial charge is 0.236 e. The Morgan fingerprint density at radius 3 is 2.48 bits per heavy atom. The fourth-order valence-electron chi connectivity index (χ4n) is 3.20. The first-order valence-corrected chi connectivity index (χ1v) is 7.76. The molecule has 1 N–H and O–H groups in total. The van der Waals surface area contributed by atoms with E-state index < -0.39 is 11.5 Å². The zero-order valence-electron chi connectivity index (χ0n) is 13.4. The summed E-state index contributed by atoms with van der Waals surface area (Å²) in [6.45, 7) is 2.40. The number of anilines is 1. The number of para-hydroxylation sites is 2. The first-order valence-electron chi connectivity index (χ1n) is 7.76. The van der Waals surface area contributed by atoms with Crippen LogP contribution in [-0.2, 0) is 4.79 Å². The lowest BCUT2D eigenvalue weighted by Gasteiger charge is -2.29. The Bertz CT molecular complexity index is 701. The third-order valence-electron chi connectivity index (χ3n) is 4.68. The molecule has 2 aromatic rings. The number of carbonyl (C=O) groups is 1. The van der Waals surface area contributed by atoms with E-state index >= 15 is 0 Å². The molecule has 0 bridgehead atoms. The molecule has 0 saturated carbocycles. The number of hydrogen-bond acceptors (Lipinski definition) is 3. The first-order chi connectivity index (χ1) is 11.1. The van der Waals surface area contributed by atoms with Gasteiger partial charge >= 0.3 is 0 Å². The van der Waals surface area contributed by atoms with Crippen molar-refractivity contribution in [1.82, 2.24) is 0 Å². The zero-order chi connectivity index (χ0) is 16.4. The van der Waals surface area contributed by atoms with E-state index in [4.69, 9.17) is 4.74 Å². The molecule has 2 aromatic carbocycles. The number of ether oxygens (including phenoxy) is 1. The van der Waals surface area contributed by atoms with Crippen molar-refractivity contribution in [2.24, 2.45) is 5.41 Å². The normalized spacial score (nSPS) is 22.2. The maximum Gasteiger partial charge on any atom is 0.236 e. The van der Waals surface area contributed by atoms with Crippen LogP contribution in [0.4, 0.5) is 5.69 Å². The topological polar surface area (TPSA) is 49.8 Å². The molecule has 1 aliphatic rings. The third kappa shape index (κ3) is 2.59. The number of aliphatic hydroxyl groups excluding tert-OH is 1. The molecule has 4 nitrogen and oxygen atoms in total. The lowest BCUT2D eigenvalue weighted by molar-refractivity contribution is -0.130. The van der Waals surface area contributed by atoms with Gasteiger partial charge < -0.3 is 14.7 Å². The van der Waals surface area contributed by atoms with Crippen molar-refractivity contribution in [2.75, 3.05) is 18.6 Å². The third-order valence-corrected chi connectivity index (χ3v) is 4.68. The standard InChI is InChI=1S/C19H21NO3/c1-19(17(21)14-8-4-3-5-9-14)12-13-20(18(19)22)15-10-6-7-11-16(15)23-2/h3-11,17,21H,12-13H2,1-2H3/t17?,19-/m0/s1. The van der Waals surface area contributed by atoms with E-state index in [1.807, 2.05) is 61.5 Å². The highest BCUT2D eigenvalue weighted by molar-refractivity contribution is 6.01. The van der Waals surface area contributed by atoms with Gasteiger partial charge in [0.1, 0.15) is 5.75 Å². The Hall–Kier alpha value is -2.33. The Balaban J connectivity index is 1.91. The average Bonchev–Trinajstić information content (AvgIpc) is 2.91. The van der Waals surface area contributed by atoms with E-state index in [0.29, 0.717) is 18.7 Å². The molecule has 0 spiro atoms. The van der Waals surface area contributed by atoms with Crippen LogP contribution < -0.4 is 9.64 Å². The summed E-state index contributed by atoms with van der Waals surface area (Å²) in [5, 5.41) is 10.8. The second-order valence-corrected chi connectivity index (χ2v) is 6.11. The summed E-state index contributed by atoms with van der Waals surface area (Å²) in [7, 11) is 1.59. The first kappa shape index (κ1) is 15.6. The van der Waals surface area contributed by atoms with Crippen molar-refractivity contribution >= 4 is 11.6 Å². The summed E-state index contributed by atoms with van der Waals surface area (Å²) in [4.78, 5) is 14.7. The average molecular weight is 311 g/mol. The van der Waals surface area contributed by atoms with Gasteiger partial charge in [0.05, 0.1) is 24.3 Å². The predicted octanol–water partition coefficient (Wildman–Crippen LogP) is 3.17. The molecule has 1 fully saturated rings. The molecule has 120 valence electrons. The number of amides is 1. The number of nitrogens with zero attached hydrogens (tertiary/aromatic N) is 1. The van der Waals surface area contributed by atoms with Gasteiger partial charge in [-0.25, -0.2) is 0 Å². The van der Waals surface area contributed by atoms with E-state index in [-0.39, 0.29) is 5.91 Å². The maximum absolute atomic E-state index is 13.0. The Kier molecular flexibility index (Phi) is 4.09. The number of rotatable bonds is 4. The van der Waals surface area contributed by atoms with Gasteiger partial charge in [-0.3, -0.25) is 4.79 Å². The van der Waals surface area contributed by atoms with Crippen LogP contribution in [0, 0.1) is 5.41 Å². The number of aliphatic hydroxyl groups is 1. The summed E-state index contributed by atoms with van der Waals surface area (Å²) >= 11 is 0. The summed E-state index contributed by atoms with van der Waals surface area (Å²) in [6, 6.07) is 16.8. The van der Waals surface area contributed by atoms with Crippen LogP contribution in [0.3, 0.4) is 0 Å². The van der Waals surface area contributed by atoms with Gasteiger partial charge in [0, 0.05) is 6.54 Å². The van der Waals surface area contributed by atoms with Crippen LogP contribution in [-0.4, -0.2) is 24.7 Å². The highest BCUT2D eigenvalue weighted by Crippen LogP contribution is 2.45. The van der Waals surface area contributed by atoms with Crippen LogP contribution in [0.25, 0.3) is 0 Å². The lowest BCUT2D eigenvalue weighted by atomic mass is 9.79. The molecule has 0 radical (unpaired) electrons.